The van der Waals surface area contributed by atoms with Crippen molar-refractivity contribution in [3.63, 3.8) is 0 Å². The van der Waals surface area contributed by atoms with Crippen LogP contribution in [-0.2, 0) is 4.79 Å². The van der Waals surface area contributed by atoms with Gasteiger partial charge in [-0.15, -0.1) is 0 Å². The van der Waals surface area contributed by atoms with E-state index in [1.54, 1.807) is 6.08 Å². The van der Waals surface area contributed by atoms with Gasteiger partial charge in [0, 0.05) is 23.5 Å². The zero-order valence-electron chi connectivity index (χ0n) is 18.0. The highest BCUT2D eigenvalue weighted by Gasteiger charge is 2.38. The Morgan fingerprint density at radius 1 is 1.19 bits per heavy atom. The number of aromatic nitrogens is 1. The molecule has 3 aliphatic rings. The second-order valence-electron chi connectivity index (χ2n) is 8.02. The van der Waals surface area contributed by atoms with Crippen LogP contribution in [0.4, 0.5) is 0 Å². The predicted octanol–water partition coefficient (Wildman–Crippen LogP) is 5.08. The van der Waals surface area contributed by atoms with Crippen molar-refractivity contribution in [3.8, 4) is 11.4 Å². The quantitative estimate of drug-likeness (QED) is 0.648. The maximum atomic E-state index is 12.8. The first-order valence-electron chi connectivity index (χ1n) is 11.0. The monoisotopic (exact) mass is 447 g/mol. The van der Waals surface area contributed by atoms with Gasteiger partial charge in [-0.25, -0.2) is 0 Å². The van der Waals surface area contributed by atoms with Crippen LogP contribution in [0, 0.1) is 11.3 Å². The molecule has 8 heteroatoms. The molecule has 0 spiro atoms. The number of carbonyl (C=O) groups excluding carboxylic acids is 1. The number of hydrogen-bond acceptors (Lipinski definition) is 5. The number of thioether (sulfide) groups is 1. The zero-order chi connectivity index (χ0) is 22.1. The van der Waals surface area contributed by atoms with E-state index in [1.807, 2.05) is 54.1 Å². The molecule has 0 saturated heterocycles. The molecular formula is C24H25N5O2S. The van der Waals surface area contributed by atoms with Crippen molar-refractivity contribution in [2.24, 2.45) is 16.0 Å². The van der Waals surface area contributed by atoms with E-state index in [2.05, 4.69) is 10.1 Å². The fourth-order valence-electron chi connectivity index (χ4n) is 4.29. The first-order chi connectivity index (χ1) is 15.6. The number of hydrogen-bond donors (Lipinski definition) is 1. The molecule has 5 rings (SSSR count). The van der Waals surface area contributed by atoms with Crippen LogP contribution < -0.4 is 4.74 Å². The van der Waals surface area contributed by atoms with Crippen LogP contribution in [0.15, 0.2) is 58.3 Å². The van der Waals surface area contributed by atoms with Crippen molar-refractivity contribution in [2.45, 2.75) is 39.0 Å². The zero-order valence-corrected chi connectivity index (χ0v) is 18.8. The van der Waals surface area contributed by atoms with E-state index in [0.29, 0.717) is 17.7 Å². The molecule has 1 aromatic carbocycles. The van der Waals surface area contributed by atoms with E-state index >= 15 is 0 Å². The number of nitrogens with one attached hydrogen (secondary N) is 1. The number of rotatable bonds is 5. The van der Waals surface area contributed by atoms with E-state index < -0.39 is 5.91 Å². The standard InChI is InChI=1S/C24H25N5O2S/c1-2-31-19-12-10-17(11-13-19)28-14-6-9-18(28)15-20-21(25)29-24(26-22(20)30)32-23(27-29)16-7-4-3-5-8-16/h6,9-16,25H,2-5,7-8H2,1H3/b20-15+,25-21?. The topological polar surface area (TPSA) is 83.0 Å². The van der Waals surface area contributed by atoms with Crippen LogP contribution in [0.5, 0.6) is 5.75 Å². The molecule has 1 fully saturated rings. The molecule has 1 aliphatic carbocycles. The molecule has 1 saturated carbocycles. The third-order valence-electron chi connectivity index (χ3n) is 5.92. The maximum Gasteiger partial charge on any atom is 0.283 e. The Labute approximate surface area is 191 Å². The summed E-state index contributed by atoms with van der Waals surface area (Å²) in [7, 11) is 0. The lowest BCUT2D eigenvalue weighted by Crippen LogP contribution is -2.35. The lowest BCUT2D eigenvalue weighted by Gasteiger charge is -2.20. The molecule has 1 amide bonds. The lowest BCUT2D eigenvalue weighted by atomic mass is 9.90. The molecule has 0 atom stereocenters. The molecule has 164 valence electrons. The van der Waals surface area contributed by atoms with Gasteiger partial charge in [0.15, 0.2) is 5.84 Å². The number of hydrazone groups is 1. The second-order valence-corrected chi connectivity index (χ2v) is 9.01. The summed E-state index contributed by atoms with van der Waals surface area (Å²) < 4.78 is 7.49. The van der Waals surface area contributed by atoms with Crippen molar-refractivity contribution >= 4 is 39.8 Å². The van der Waals surface area contributed by atoms with Gasteiger partial charge in [0.25, 0.3) is 5.91 Å². The summed E-state index contributed by atoms with van der Waals surface area (Å²) in [5, 5.41) is 16.4. The summed E-state index contributed by atoms with van der Waals surface area (Å²) in [6.45, 7) is 2.57. The first kappa shape index (κ1) is 20.8. The predicted molar refractivity (Wildman–Crippen MR) is 129 cm³/mol. The van der Waals surface area contributed by atoms with Crippen LogP contribution in [0.2, 0.25) is 0 Å². The Kier molecular flexibility index (Phi) is 5.70. The van der Waals surface area contributed by atoms with Crippen LogP contribution >= 0.6 is 11.8 Å². The average Bonchev–Trinajstić information content (AvgIpc) is 3.45. The first-order valence-corrected chi connectivity index (χ1v) is 11.9. The van der Waals surface area contributed by atoms with Gasteiger partial charge in [-0.05, 0) is 74.0 Å². The summed E-state index contributed by atoms with van der Waals surface area (Å²) in [6.07, 6.45) is 9.58. The van der Waals surface area contributed by atoms with Gasteiger partial charge >= 0.3 is 0 Å². The molecule has 0 bridgehead atoms. The molecule has 2 aliphatic heterocycles. The van der Waals surface area contributed by atoms with Crippen molar-refractivity contribution in [3.05, 3.63) is 53.9 Å². The van der Waals surface area contributed by atoms with Crippen LogP contribution in [-0.4, -0.2) is 38.1 Å². The molecule has 7 nitrogen and oxygen atoms in total. The molecule has 32 heavy (non-hydrogen) atoms. The number of nitrogens with zero attached hydrogens (tertiary/aromatic N) is 4. The van der Waals surface area contributed by atoms with Crippen molar-refractivity contribution in [2.75, 3.05) is 6.61 Å². The molecule has 0 unspecified atom stereocenters. The minimum Gasteiger partial charge on any atom is -0.494 e. The summed E-state index contributed by atoms with van der Waals surface area (Å²) in [6, 6.07) is 11.6. The van der Waals surface area contributed by atoms with E-state index in [1.165, 1.54) is 36.0 Å². The van der Waals surface area contributed by atoms with Gasteiger partial charge in [0.1, 0.15) is 10.8 Å². The Morgan fingerprint density at radius 2 is 1.97 bits per heavy atom. The van der Waals surface area contributed by atoms with E-state index in [9.17, 15) is 4.79 Å². The van der Waals surface area contributed by atoms with E-state index in [4.69, 9.17) is 10.1 Å². The Bertz CT molecular complexity index is 1140. The number of ether oxygens (including phenoxy) is 1. The molecule has 2 aromatic rings. The van der Waals surface area contributed by atoms with Gasteiger partial charge in [-0.1, -0.05) is 19.3 Å². The maximum absolute atomic E-state index is 12.8. The SMILES string of the molecule is CCOc1ccc(-n2cccc2/C=C2\C(=N)N3N=C(C4CCCCC4)SC3=NC2=O)cc1. The highest BCUT2D eigenvalue weighted by molar-refractivity contribution is 8.27. The highest BCUT2D eigenvalue weighted by Crippen LogP contribution is 2.36. The second kappa shape index (κ2) is 8.78. The largest absolute Gasteiger partial charge is 0.494 e. The number of benzene rings is 1. The van der Waals surface area contributed by atoms with E-state index in [-0.39, 0.29) is 11.4 Å². The summed E-state index contributed by atoms with van der Waals surface area (Å²) in [4.78, 5) is 17.1. The molecular weight excluding hydrogens is 422 g/mol. The van der Waals surface area contributed by atoms with Crippen molar-refractivity contribution in [1.82, 2.24) is 9.58 Å². The van der Waals surface area contributed by atoms with Gasteiger partial charge in [0.2, 0.25) is 5.17 Å². The van der Waals surface area contributed by atoms with Crippen LogP contribution in [0.3, 0.4) is 0 Å². The van der Waals surface area contributed by atoms with Crippen molar-refractivity contribution < 1.29 is 9.53 Å². The molecule has 1 aromatic heterocycles. The number of carbonyl (C=O) groups is 1. The smallest absolute Gasteiger partial charge is 0.283 e. The number of amidine groups is 2. The number of fused-ring (bicyclic) bond motifs is 1. The van der Waals surface area contributed by atoms with Gasteiger partial charge in [-0.3, -0.25) is 10.2 Å². The van der Waals surface area contributed by atoms with Gasteiger partial charge in [0.05, 0.1) is 12.2 Å². The lowest BCUT2D eigenvalue weighted by molar-refractivity contribution is -0.114. The molecule has 0 radical (unpaired) electrons. The number of amides is 1. The normalized spacial score (nSPS) is 20.4. The van der Waals surface area contributed by atoms with Crippen LogP contribution in [0.25, 0.3) is 11.8 Å². The summed E-state index contributed by atoms with van der Waals surface area (Å²) in [5.74, 6) is 0.910. The van der Waals surface area contributed by atoms with E-state index in [0.717, 1.165) is 35.0 Å². The Balaban J connectivity index is 1.42. The Morgan fingerprint density at radius 3 is 2.72 bits per heavy atom. The third kappa shape index (κ3) is 3.90. The third-order valence-corrected chi connectivity index (χ3v) is 6.99. The molecule has 1 N–H and O–H groups in total. The molecule has 3 heterocycles. The fraction of sp³-hybridized carbons (Fsp3) is 0.333. The Hall–Kier alpha value is -3.13. The van der Waals surface area contributed by atoms with Gasteiger partial charge in [-0.2, -0.15) is 15.1 Å². The average molecular weight is 448 g/mol. The fourth-order valence-corrected chi connectivity index (χ4v) is 5.34. The minimum atomic E-state index is -0.395. The highest BCUT2D eigenvalue weighted by atomic mass is 32.2. The summed E-state index contributed by atoms with van der Waals surface area (Å²) >= 11 is 1.44. The number of aliphatic imine (C=N–C) groups is 1. The minimum absolute atomic E-state index is 0.0813. The van der Waals surface area contributed by atoms with Crippen molar-refractivity contribution in [1.29, 1.82) is 5.41 Å². The summed E-state index contributed by atoms with van der Waals surface area (Å²) in [5.41, 5.74) is 1.98. The van der Waals surface area contributed by atoms with Crippen LogP contribution in [0.1, 0.15) is 44.7 Å². The van der Waals surface area contributed by atoms with Gasteiger partial charge < -0.3 is 9.30 Å².